The molecule has 1 fully saturated rings. The predicted molar refractivity (Wildman–Crippen MR) is 109 cm³/mol. The molecule has 1 aliphatic carbocycles. The molecular formula is C22H32N2S. The third-order valence-corrected chi connectivity index (χ3v) is 6.27. The summed E-state index contributed by atoms with van der Waals surface area (Å²) in [6, 6.07) is 9.66. The smallest absolute Gasteiger partial charge is 0.107 e. The molecule has 136 valence electrons. The van der Waals surface area contributed by atoms with E-state index in [1.54, 1.807) is 0 Å². The van der Waals surface area contributed by atoms with E-state index in [4.69, 9.17) is 4.98 Å². The van der Waals surface area contributed by atoms with Crippen LogP contribution in [0.1, 0.15) is 69.4 Å². The number of hydrogen-bond donors (Lipinski definition) is 0. The molecule has 2 aromatic rings. The first-order valence-electron chi connectivity index (χ1n) is 10.1. The summed E-state index contributed by atoms with van der Waals surface area (Å²) in [5.74, 6) is 0. The number of unbranched alkanes of at least 4 members (excludes halogenated alkanes) is 1. The average Bonchev–Trinajstić information content (AvgIpc) is 3.14. The Balaban J connectivity index is 1.68. The summed E-state index contributed by atoms with van der Waals surface area (Å²) < 4.78 is 0. The van der Waals surface area contributed by atoms with Gasteiger partial charge in [-0.15, -0.1) is 11.3 Å². The molecule has 0 atom stereocenters. The molecule has 0 spiro atoms. The van der Waals surface area contributed by atoms with Crippen molar-refractivity contribution in [3.8, 4) is 11.3 Å². The molecule has 1 heterocycles. The van der Waals surface area contributed by atoms with Gasteiger partial charge in [0, 0.05) is 17.0 Å². The van der Waals surface area contributed by atoms with Crippen LogP contribution in [0.4, 0.5) is 0 Å². The van der Waals surface area contributed by atoms with Gasteiger partial charge in [0.1, 0.15) is 5.01 Å². The molecule has 0 radical (unpaired) electrons. The highest BCUT2D eigenvalue weighted by molar-refractivity contribution is 7.09. The van der Waals surface area contributed by atoms with Crippen LogP contribution in [0.2, 0.25) is 0 Å². The van der Waals surface area contributed by atoms with E-state index in [-0.39, 0.29) is 0 Å². The fourth-order valence-corrected chi connectivity index (χ4v) is 4.63. The molecule has 3 rings (SSSR count). The largest absolute Gasteiger partial charge is 0.294 e. The number of rotatable bonds is 8. The first kappa shape index (κ1) is 18.6. The van der Waals surface area contributed by atoms with E-state index in [0.717, 1.165) is 24.7 Å². The zero-order valence-corrected chi connectivity index (χ0v) is 16.7. The van der Waals surface area contributed by atoms with Gasteiger partial charge in [0.25, 0.3) is 0 Å². The predicted octanol–water partition coefficient (Wildman–Crippen LogP) is 6.31. The van der Waals surface area contributed by atoms with E-state index in [9.17, 15) is 0 Å². The van der Waals surface area contributed by atoms with Crippen molar-refractivity contribution in [2.24, 2.45) is 0 Å². The van der Waals surface area contributed by atoms with E-state index >= 15 is 0 Å². The van der Waals surface area contributed by atoms with E-state index < -0.39 is 0 Å². The Kier molecular flexibility index (Phi) is 7.06. The van der Waals surface area contributed by atoms with Crippen molar-refractivity contribution in [1.82, 2.24) is 9.88 Å². The van der Waals surface area contributed by atoms with Crippen LogP contribution in [0.15, 0.2) is 29.6 Å². The highest BCUT2D eigenvalue weighted by Crippen LogP contribution is 2.27. The standard InChI is InChI=1S/C22H32N2S/c1-3-5-15-24(20-9-7-6-8-10-20)16-22-23-21(17-25-22)19-13-11-18(4-2)12-14-19/h11-14,17,20H,3-10,15-16H2,1-2H3. The highest BCUT2D eigenvalue weighted by Gasteiger charge is 2.21. The Morgan fingerprint density at radius 2 is 1.84 bits per heavy atom. The van der Waals surface area contributed by atoms with Gasteiger partial charge < -0.3 is 0 Å². The SMILES string of the molecule is CCCCN(Cc1nc(-c2ccc(CC)cc2)cs1)C1CCCCC1. The molecule has 0 bridgehead atoms. The van der Waals surface area contributed by atoms with Crippen LogP contribution in [-0.2, 0) is 13.0 Å². The molecule has 25 heavy (non-hydrogen) atoms. The third kappa shape index (κ3) is 5.15. The van der Waals surface area contributed by atoms with Gasteiger partial charge in [-0.05, 0) is 37.8 Å². The second-order valence-electron chi connectivity index (χ2n) is 7.29. The van der Waals surface area contributed by atoms with Crippen LogP contribution in [0, 0.1) is 0 Å². The van der Waals surface area contributed by atoms with Gasteiger partial charge in [0.05, 0.1) is 12.2 Å². The van der Waals surface area contributed by atoms with Crippen LogP contribution < -0.4 is 0 Å². The summed E-state index contributed by atoms with van der Waals surface area (Å²) in [4.78, 5) is 7.67. The summed E-state index contributed by atoms with van der Waals surface area (Å²) in [5.41, 5.74) is 3.78. The monoisotopic (exact) mass is 356 g/mol. The van der Waals surface area contributed by atoms with Crippen LogP contribution in [-0.4, -0.2) is 22.5 Å². The number of aryl methyl sites for hydroxylation is 1. The minimum Gasteiger partial charge on any atom is -0.294 e. The number of aromatic nitrogens is 1. The number of benzene rings is 1. The molecule has 0 aliphatic heterocycles. The Hall–Kier alpha value is -1.19. The lowest BCUT2D eigenvalue weighted by molar-refractivity contribution is 0.146. The van der Waals surface area contributed by atoms with E-state index in [1.165, 1.54) is 67.6 Å². The van der Waals surface area contributed by atoms with Gasteiger partial charge in [0.15, 0.2) is 0 Å². The summed E-state index contributed by atoms with van der Waals surface area (Å²) in [7, 11) is 0. The first-order valence-corrected chi connectivity index (χ1v) is 11.0. The first-order chi connectivity index (χ1) is 12.3. The van der Waals surface area contributed by atoms with Crippen molar-refractivity contribution in [2.45, 2.75) is 77.8 Å². The number of hydrogen-bond acceptors (Lipinski definition) is 3. The van der Waals surface area contributed by atoms with Gasteiger partial charge in [-0.2, -0.15) is 0 Å². The van der Waals surface area contributed by atoms with Gasteiger partial charge in [-0.1, -0.05) is 63.8 Å². The molecule has 1 aromatic carbocycles. The molecule has 1 saturated carbocycles. The minimum absolute atomic E-state index is 0.775. The topological polar surface area (TPSA) is 16.1 Å². The van der Waals surface area contributed by atoms with Crippen molar-refractivity contribution < 1.29 is 0 Å². The quantitative estimate of drug-likeness (QED) is 0.551. The van der Waals surface area contributed by atoms with Gasteiger partial charge in [-0.3, -0.25) is 4.90 Å². The van der Waals surface area contributed by atoms with Crippen LogP contribution in [0.25, 0.3) is 11.3 Å². The highest BCUT2D eigenvalue weighted by atomic mass is 32.1. The molecule has 0 N–H and O–H groups in total. The average molecular weight is 357 g/mol. The van der Waals surface area contributed by atoms with Crippen molar-refractivity contribution >= 4 is 11.3 Å². The number of nitrogens with zero attached hydrogens (tertiary/aromatic N) is 2. The van der Waals surface area contributed by atoms with Crippen LogP contribution >= 0.6 is 11.3 Å². The minimum atomic E-state index is 0.775. The lowest BCUT2D eigenvalue weighted by Crippen LogP contribution is -2.37. The molecule has 0 unspecified atom stereocenters. The van der Waals surface area contributed by atoms with Crippen molar-refractivity contribution in [1.29, 1.82) is 0 Å². The zero-order chi connectivity index (χ0) is 17.5. The fourth-order valence-electron chi connectivity index (χ4n) is 3.80. The summed E-state index contributed by atoms with van der Waals surface area (Å²) in [6.45, 7) is 6.75. The maximum absolute atomic E-state index is 4.96. The van der Waals surface area contributed by atoms with Crippen molar-refractivity contribution in [3.63, 3.8) is 0 Å². The van der Waals surface area contributed by atoms with Gasteiger partial charge in [0.2, 0.25) is 0 Å². The fraction of sp³-hybridized carbons (Fsp3) is 0.591. The van der Waals surface area contributed by atoms with E-state index in [2.05, 4.69) is 48.4 Å². The molecule has 3 heteroatoms. The lowest BCUT2D eigenvalue weighted by Gasteiger charge is -2.33. The molecule has 0 amide bonds. The normalized spacial score (nSPS) is 15.8. The third-order valence-electron chi connectivity index (χ3n) is 5.44. The maximum atomic E-state index is 4.96. The Morgan fingerprint density at radius 3 is 2.52 bits per heavy atom. The number of thiazole rings is 1. The van der Waals surface area contributed by atoms with Crippen LogP contribution in [0.5, 0.6) is 0 Å². The van der Waals surface area contributed by atoms with Crippen molar-refractivity contribution in [3.05, 3.63) is 40.2 Å². The summed E-state index contributed by atoms with van der Waals surface area (Å²) in [6.07, 6.45) is 10.6. The summed E-state index contributed by atoms with van der Waals surface area (Å²) >= 11 is 1.83. The lowest BCUT2D eigenvalue weighted by atomic mass is 9.94. The molecule has 1 aromatic heterocycles. The summed E-state index contributed by atoms with van der Waals surface area (Å²) in [5, 5.41) is 3.51. The van der Waals surface area contributed by atoms with E-state index in [1.807, 2.05) is 11.3 Å². The molecule has 0 saturated heterocycles. The second-order valence-corrected chi connectivity index (χ2v) is 8.24. The van der Waals surface area contributed by atoms with Crippen LogP contribution in [0.3, 0.4) is 0 Å². The van der Waals surface area contributed by atoms with E-state index in [0.29, 0.717) is 0 Å². The zero-order valence-electron chi connectivity index (χ0n) is 15.8. The Labute approximate surface area is 157 Å². The molecular weight excluding hydrogens is 324 g/mol. The van der Waals surface area contributed by atoms with Gasteiger partial charge >= 0.3 is 0 Å². The Morgan fingerprint density at radius 1 is 1.08 bits per heavy atom. The second kappa shape index (κ2) is 9.49. The Bertz CT molecular complexity index is 626. The van der Waals surface area contributed by atoms with Crippen molar-refractivity contribution in [2.75, 3.05) is 6.54 Å². The molecule has 1 aliphatic rings. The van der Waals surface area contributed by atoms with Gasteiger partial charge in [-0.25, -0.2) is 4.98 Å². The molecule has 2 nitrogen and oxygen atoms in total. The maximum Gasteiger partial charge on any atom is 0.107 e.